The molecule has 2 rings (SSSR count). The van der Waals surface area contributed by atoms with Crippen LogP contribution < -0.4 is 10.6 Å². The SMILES string of the molecule is Cl.O=C(NC1CCCNC1)c1cc(F)ccc1[N+](=O)[O-]. The van der Waals surface area contributed by atoms with E-state index < -0.39 is 16.6 Å². The van der Waals surface area contributed by atoms with E-state index in [1.807, 2.05) is 0 Å². The summed E-state index contributed by atoms with van der Waals surface area (Å²) in [6, 6.07) is 2.79. The summed E-state index contributed by atoms with van der Waals surface area (Å²) in [6.07, 6.45) is 1.73. The fraction of sp³-hybridized carbons (Fsp3) is 0.417. The number of amides is 1. The van der Waals surface area contributed by atoms with Gasteiger partial charge >= 0.3 is 0 Å². The summed E-state index contributed by atoms with van der Waals surface area (Å²) >= 11 is 0. The van der Waals surface area contributed by atoms with E-state index in [4.69, 9.17) is 0 Å². The van der Waals surface area contributed by atoms with Crippen molar-refractivity contribution in [3.05, 3.63) is 39.7 Å². The van der Waals surface area contributed by atoms with Gasteiger partial charge in [0.1, 0.15) is 11.4 Å². The summed E-state index contributed by atoms with van der Waals surface area (Å²) < 4.78 is 13.1. The molecule has 1 aliphatic rings. The number of carbonyl (C=O) groups excluding carboxylic acids is 1. The highest BCUT2D eigenvalue weighted by Crippen LogP contribution is 2.19. The molecule has 0 aromatic heterocycles. The zero-order valence-electron chi connectivity index (χ0n) is 10.6. The van der Waals surface area contributed by atoms with Gasteiger partial charge in [-0.15, -0.1) is 12.4 Å². The lowest BCUT2D eigenvalue weighted by Gasteiger charge is -2.23. The molecular formula is C12H15ClFN3O3. The van der Waals surface area contributed by atoms with Gasteiger partial charge in [-0.25, -0.2) is 4.39 Å². The molecule has 0 radical (unpaired) electrons. The highest BCUT2D eigenvalue weighted by molar-refractivity contribution is 5.98. The first-order chi connectivity index (χ1) is 9.08. The van der Waals surface area contributed by atoms with Crippen molar-refractivity contribution < 1.29 is 14.1 Å². The van der Waals surface area contributed by atoms with Crippen molar-refractivity contribution in [1.82, 2.24) is 10.6 Å². The Morgan fingerprint density at radius 2 is 2.25 bits per heavy atom. The number of hydrogen-bond acceptors (Lipinski definition) is 4. The molecule has 0 saturated carbocycles. The third kappa shape index (κ3) is 3.88. The molecule has 110 valence electrons. The lowest BCUT2D eigenvalue weighted by molar-refractivity contribution is -0.385. The molecule has 1 aromatic carbocycles. The van der Waals surface area contributed by atoms with Crippen LogP contribution in [0, 0.1) is 15.9 Å². The summed E-state index contributed by atoms with van der Waals surface area (Å²) in [5.74, 6) is -1.28. The van der Waals surface area contributed by atoms with Gasteiger partial charge in [0.25, 0.3) is 11.6 Å². The van der Waals surface area contributed by atoms with E-state index >= 15 is 0 Å². The second kappa shape index (κ2) is 7.16. The Morgan fingerprint density at radius 3 is 2.85 bits per heavy atom. The van der Waals surface area contributed by atoms with Crippen LogP contribution in [-0.4, -0.2) is 30.0 Å². The molecule has 0 aliphatic carbocycles. The first-order valence-electron chi connectivity index (χ1n) is 6.03. The van der Waals surface area contributed by atoms with Crippen molar-refractivity contribution in [2.45, 2.75) is 18.9 Å². The predicted molar refractivity (Wildman–Crippen MR) is 73.7 cm³/mol. The fourth-order valence-corrected chi connectivity index (χ4v) is 2.09. The molecule has 0 bridgehead atoms. The van der Waals surface area contributed by atoms with Crippen LogP contribution in [0.5, 0.6) is 0 Å². The molecular weight excluding hydrogens is 289 g/mol. The first kappa shape index (κ1) is 16.3. The van der Waals surface area contributed by atoms with E-state index in [0.717, 1.165) is 37.6 Å². The second-order valence-corrected chi connectivity index (χ2v) is 4.44. The van der Waals surface area contributed by atoms with E-state index in [9.17, 15) is 19.3 Å². The average molecular weight is 304 g/mol. The minimum Gasteiger partial charge on any atom is -0.348 e. The van der Waals surface area contributed by atoms with Crippen LogP contribution in [0.1, 0.15) is 23.2 Å². The number of nitrogens with one attached hydrogen (secondary N) is 2. The van der Waals surface area contributed by atoms with Gasteiger partial charge in [-0.3, -0.25) is 14.9 Å². The van der Waals surface area contributed by atoms with Crippen LogP contribution in [0.15, 0.2) is 18.2 Å². The van der Waals surface area contributed by atoms with Gasteiger partial charge in [0.15, 0.2) is 0 Å². The summed E-state index contributed by atoms with van der Waals surface area (Å²) in [5, 5.41) is 16.6. The van der Waals surface area contributed by atoms with E-state index in [1.54, 1.807) is 0 Å². The zero-order chi connectivity index (χ0) is 13.8. The maximum atomic E-state index is 13.1. The zero-order valence-corrected chi connectivity index (χ0v) is 11.4. The molecule has 1 unspecified atom stereocenters. The number of rotatable bonds is 3. The Hall–Kier alpha value is -1.73. The van der Waals surface area contributed by atoms with Crippen molar-refractivity contribution in [3.63, 3.8) is 0 Å². The molecule has 1 heterocycles. The largest absolute Gasteiger partial charge is 0.348 e. The Morgan fingerprint density at radius 1 is 1.50 bits per heavy atom. The number of nitrogens with zero attached hydrogens (tertiary/aromatic N) is 1. The Labute approximate surface area is 121 Å². The smallest absolute Gasteiger partial charge is 0.282 e. The number of hydrogen-bond donors (Lipinski definition) is 2. The van der Waals surface area contributed by atoms with Crippen LogP contribution in [0.4, 0.5) is 10.1 Å². The van der Waals surface area contributed by atoms with E-state index in [2.05, 4.69) is 10.6 Å². The van der Waals surface area contributed by atoms with Gasteiger partial charge in [-0.05, 0) is 31.5 Å². The molecule has 1 atom stereocenters. The van der Waals surface area contributed by atoms with E-state index in [1.165, 1.54) is 0 Å². The van der Waals surface area contributed by atoms with Gasteiger partial charge in [0.2, 0.25) is 0 Å². The Bertz CT molecular complexity index is 507. The van der Waals surface area contributed by atoms with Gasteiger partial charge in [0, 0.05) is 18.7 Å². The van der Waals surface area contributed by atoms with Gasteiger partial charge < -0.3 is 10.6 Å². The molecule has 6 nitrogen and oxygen atoms in total. The first-order valence-corrected chi connectivity index (χ1v) is 6.03. The number of carbonyl (C=O) groups is 1. The third-order valence-corrected chi connectivity index (χ3v) is 3.03. The number of nitro benzene ring substituents is 1. The van der Waals surface area contributed by atoms with E-state index in [-0.39, 0.29) is 29.7 Å². The monoisotopic (exact) mass is 303 g/mol. The normalized spacial score (nSPS) is 17.9. The van der Waals surface area contributed by atoms with Crippen molar-refractivity contribution in [3.8, 4) is 0 Å². The van der Waals surface area contributed by atoms with Crippen LogP contribution in [0.3, 0.4) is 0 Å². The van der Waals surface area contributed by atoms with Crippen molar-refractivity contribution >= 4 is 24.0 Å². The lowest BCUT2D eigenvalue weighted by atomic mass is 10.1. The fourth-order valence-electron chi connectivity index (χ4n) is 2.09. The van der Waals surface area contributed by atoms with E-state index in [0.29, 0.717) is 6.54 Å². The van der Waals surface area contributed by atoms with Crippen molar-refractivity contribution in [2.24, 2.45) is 0 Å². The molecule has 1 saturated heterocycles. The molecule has 1 fully saturated rings. The van der Waals surface area contributed by atoms with Crippen molar-refractivity contribution in [1.29, 1.82) is 0 Å². The summed E-state index contributed by atoms with van der Waals surface area (Å²) in [5.41, 5.74) is -0.627. The van der Waals surface area contributed by atoms with Crippen molar-refractivity contribution in [2.75, 3.05) is 13.1 Å². The second-order valence-electron chi connectivity index (χ2n) is 4.44. The third-order valence-electron chi connectivity index (χ3n) is 3.03. The average Bonchev–Trinajstić information content (AvgIpc) is 2.39. The van der Waals surface area contributed by atoms with Crippen LogP contribution >= 0.6 is 12.4 Å². The molecule has 2 N–H and O–H groups in total. The summed E-state index contributed by atoms with van der Waals surface area (Å²) in [7, 11) is 0. The maximum Gasteiger partial charge on any atom is 0.282 e. The highest BCUT2D eigenvalue weighted by Gasteiger charge is 2.23. The maximum absolute atomic E-state index is 13.1. The Balaban J connectivity index is 0.00000200. The standard InChI is InChI=1S/C12H14FN3O3.ClH/c13-8-3-4-11(16(18)19)10(6-8)12(17)15-9-2-1-5-14-7-9;/h3-4,6,9,14H,1-2,5,7H2,(H,15,17);1H. The summed E-state index contributed by atoms with van der Waals surface area (Å²) in [4.78, 5) is 22.1. The number of halogens is 2. The summed E-state index contributed by atoms with van der Waals surface area (Å²) in [6.45, 7) is 1.52. The van der Waals surface area contributed by atoms with Gasteiger partial charge in [-0.1, -0.05) is 0 Å². The highest BCUT2D eigenvalue weighted by atomic mass is 35.5. The molecule has 1 aliphatic heterocycles. The van der Waals surface area contributed by atoms with Crippen LogP contribution in [0.25, 0.3) is 0 Å². The lowest BCUT2D eigenvalue weighted by Crippen LogP contribution is -2.45. The van der Waals surface area contributed by atoms with Gasteiger partial charge in [-0.2, -0.15) is 0 Å². The predicted octanol–water partition coefficient (Wildman–Crippen LogP) is 1.64. The number of nitro groups is 1. The molecule has 1 amide bonds. The number of piperidine rings is 1. The van der Waals surface area contributed by atoms with Gasteiger partial charge in [0.05, 0.1) is 4.92 Å². The quantitative estimate of drug-likeness (QED) is 0.657. The molecule has 20 heavy (non-hydrogen) atoms. The minimum atomic E-state index is -0.687. The molecule has 1 aromatic rings. The Kier molecular flexibility index (Phi) is 5.84. The molecule has 0 spiro atoms. The molecule has 8 heteroatoms. The number of benzene rings is 1. The minimum absolute atomic E-state index is 0. The topological polar surface area (TPSA) is 84.3 Å². The van der Waals surface area contributed by atoms with Crippen LogP contribution in [-0.2, 0) is 0 Å². The van der Waals surface area contributed by atoms with Crippen LogP contribution in [0.2, 0.25) is 0 Å².